The Morgan fingerprint density at radius 1 is 1.20 bits per heavy atom. The Kier molecular flexibility index (Phi) is 2.34. The molecule has 0 bridgehead atoms. The molecule has 0 fully saturated rings. The Labute approximate surface area is 83.8 Å². The fourth-order valence-corrected chi connectivity index (χ4v) is 1.21. The van der Waals surface area contributed by atoms with Crippen LogP contribution in [0.3, 0.4) is 0 Å². The molecule has 0 atom stereocenters. The van der Waals surface area contributed by atoms with E-state index in [9.17, 15) is 13.2 Å². The quantitative estimate of drug-likeness (QED) is 0.828. The Balaban J connectivity index is 2.04. The molecule has 0 saturated heterocycles. The molecule has 0 aromatic heterocycles. The molecule has 6 heteroatoms. The van der Waals surface area contributed by atoms with E-state index in [1.165, 1.54) is 12.1 Å². The lowest BCUT2D eigenvalue weighted by Gasteiger charge is -2.09. The summed E-state index contributed by atoms with van der Waals surface area (Å²) >= 11 is 0. The molecule has 15 heavy (non-hydrogen) atoms. The van der Waals surface area contributed by atoms with Gasteiger partial charge in [0.1, 0.15) is 6.54 Å². The predicted molar refractivity (Wildman–Crippen MR) is 47.1 cm³/mol. The fraction of sp³-hybridized carbons (Fsp3) is 0.333. The van der Waals surface area contributed by atoms with Crippen molar-refractivity contribution >= 4 is 5.69 Å². The third-order valence-corrected chi connectivity index (χ3v) is 1.87. The topological polar surface area (TPSA) is 30.5 Å². The first-order chi connectivity index (χ1) is 7.04. The molecule has 0 amide bonds. The van der Waals surface area contributed by atoms with Gasteiger partial charge in [0.2, 0.25) is 6.79 Å². The van der Waals surface area contributed by atoms with Gasteiger partial charge in [0.15, 0.2) is 11.5 Å². The molecule has 1 aliphatic rings. The second-order valence-corrected chi connectivity index (χ2v) is 3.04. The van der Waals surface area contributed by atoms with Crippen molar-refractivity contribution < 1.29 is 22.6 Å². The van der Waals surface area contributed by atoms with Crippen LogP contribution in [0.15, 0.2) is 18.2 Å². The molecule has 3 nitrogen and oxygen atoms in total. The lowest BCUT2D eigenvalue weighted by atomic mass is 10.3. The fourth-order valence-electron chi connectivity index (χ4n) is 1.21. The van der Waals surface area contributed by atoms with Gasteiger partial charge in [-0.15, -0.1) is 0 Å². The molecule has 1 aliphatic heterocycles. The summed E-state index contributed by atoms with van der Waals surface area (Å²) in [5, 5.41) is 2.25. The third-order valence-electron chi connectivity index (χ3n) is 1.87. The number of alkyl halides is 3. The molecule has 2 rings (SSSR count). The van der Waals surface area contributed by atoms with Crippen LogP contribution in [0.25, 0.3) is 0 Å². The minimum Gasteiger partial charge on any atom is -0.454 e. The predicted octanol–water partition coefficient (Wildman–Crippen LogP) is 2.39. The molecule has 1 aromatic rings. The first-order valence-electron chi connectivity index (χ1n) is 4.25. The van der Waals surface area contributed by atoms with E-state index in [1.54, 1.807) is 6.07 Å². The highest BCUT2D eigenvalue weighted by atomic mass is 19.4. The van der Waals surface area contributed by atoms with E-state index in [-0.39, 0.29) is 6.79 Å². The Hall–Kier alpha value is -1.59. The number of nitrogens with one attached hydrogen (secondary N) is 1. The molecule has 1 heterocycles. The van der Waals surface area contributed by atoms with Crippen molar-refractivity contribution in [2.75, 3.05) is 18.7 Å². The SMILES string of the molecule is FC(F)(F)CNc1ccc2c(c1)OCO2. The molecule has 0 spiro atoms. The highest BCUT2D eigenvalue weighted by Gasteiger charge is 2.26. The summed E-state index contributed by atoms with van der Waals surface area (Å²) in [4.78, 5) is 0. The molecule has 0 unspecified atom stereocenters. The molecule has 1 aromatic carbocycles. The van der Waals surface area contributed by atoms with Crippen molar-refractivity contribution in [3.05, 3.63) is 18.2 Å². The van der Waals surface area contributed by atoms with Crippen LogP contribution in [-0.4, -0.2) is 19.5 Å². The van der Waals surface area contributed by atoms with E-state index in [2.05, 4.69) is 5.32 Å². The second-order valence-electron chi connectivity index (χ2n) is 3.04. The Bertz CT molecular complexity index is 365. The van der Waals surface area contributed by atoms with Crippen LogP contribution in [-0.2, 0) is 0 Å². The van der Waals surface area contributed by atoms with Crippen LogP contribution in [0.4, 0.5) is 18.9 Å². The highest BCUT2D eigenvalue weighted by molar-refractivity contribution is 5.55. The third kappa shape index (κ3) is 2.45. The average molecular weight is 219 g/mol. The molecule has 0 aliphatic carbocycles. The largest absolute Gasteiger partial charge is 0.454 e. The summed E-state index contributed by atoms with van der Waals surface area (Å²) in [6.45, 7) is -0.954. The number of fused-ring (bicyclic) bond motifs is 1. The lowest BCUT2D eigenvalue weighted by molar-refractivity contribution is -0.115. The van der Waals surface area contributed by atoms with Gasteiger partial charge in [-0.05, 0) is 12.1 Å². The van der Waals surface area contributed by atoms with Gasteiger partial charge in [-0.25, -0.2) is 0 Å². The number of hydrogen-bond donors (Lipinski definition) is 1. The minimum absolute atomic E-state index is 0.109. The van der Waals surface area contributed by atoms with Crippen LogP contribution < -0.4 is 14.8 Å². The molecule has 1 N–H and O–H groups in total. The molecule has 0 saturated carbocycles. The monoisotopic (exact) mass is 219 g/mol. The first kappa shape index (κ1) is 9.95. The highest BCUT2D eigenvalue weighted by Crippen LogP contribution is 2.34. The average Bonchev–Trinajstić information content (AvgIpc) is 2.60. The number of hydrogen-bond acceptors (Lipinski definition) is 3. The normalized spacial score (nSPS) is 14.1. The van der Waals surface area contributed by atoms with Crippen molar-refractivity contribution in [1.82, 2.24) is 0 Å². The van der Waals surface area contributed by atoms with Gasteiger partial charge in [-0.2, -0.15) is 13.2 Å². The molecule has 82 valence electrons. The summed E-state index contributed by atoms with van der Waals surface area (Å²) in [6.07, 6.45) is -4.23. The van der Waals surface area contributed by atoms with Crippen LogP contribution >= 0.6 is 0 Å². The van der Waals surface area contributed by atoms with Crippen molar-refractivity contribution in [2.45, 2.75) is 6.18 Å². The Morgan fingerprint density at radius 3 is 2.67 bits per heavy atom. The second kappa shape index (κ2) is 3.52. The van der Waals surface area contributed by atoms with Gasteiger partial charge in [0.05, 0.1) is 0 Å². The maximum atomic E-state index is 11.9. The zero-order valence-corrected chi connectivity index (χ0v) is 7.60. The van der Waals surface area contributed by atoms with Crippen LogP contribution in [0.5, 0.6) is 11.5 Å². The number of halogens is 3. The van der Waals surface area contributed by atoms with Gasteiger partial charge in [-0.3, -0.25) is 0 Å². The maximum Gasteiger partial charge on any atom is 0.405 e. The summed E-state index contributed by atoms with van der Waals surface area (Å²) in [7, 11) is 0. The van der Waals surface area contributed by atoms with Crippen molar-refractivity contribution in [3.8, 4) is 11.5 Å². The van der Waals surface area contributed by atoms with Gasteiger partial charge < -0.3 is 14.8 Å². The standard InChI is InChI=1S/C9H8F3NO2/c10-9(11,12)4-13-6-1-2-7-8(3-6)15-5-14-7/h1-3,13H,4-5H2. The number of rotatable bonds is 2. The zero-order chi connectivity index (χ0) is 10.9. The van der Waals surface area contributed by atoms with E-state index in [1.807, 2.05) is 0 Å². The van der Waals surface area contributed by atoms with Crippen molar-refractivity contribution in [3.63, 3.8) is 0 Å². The van der Waals surface area contributed by atoms with Crippen LogP contribution in [0, 0.1) is 0 Å². The summed E-state index contributed by atoms with van der Waals surface area (Å²) < 4.78 is 45.7. The molecular formula is C9H8F3NO2. The number of benzene rings is 1. The summed E-state index contributed by atoms with van der Waals surface area (Å²) in [5.41, 5.74) is 0.358. The lowest BCUT2D eigenvalue weighted by Crippen LogP contribution is -2.21. The minimum atomic E-state index is -4.23. The van der Waals surface area contributed by atoms with E-state index in [0.717, 1.165) is 0 Å². The van der Waals surface area contributed by atoms with Crippen LogP contribution in [0.2, 0.25) is 0 Å². The van der Waals surface area contributed by atoms with E-state index >= 15 is 0 Å². The number of anilines is 1. The van der Waals surface area contributed by atoms with Crippen molar-refractivity contribution in [1.29, 1.82) is 0 Å². The van der Waals surface area contributed by atoms with Gasteiger partial charge in [-0.1, -0.05) is 0 Å². The molecule has 0 radical (unpaired) electrons. The van der Waals surface area contributed by atoms with E-state index in [4.69, 9.17) is 9.47 Å². The van der Waals surface area contributed by atoms with Gasteiger partial charge >= 0.3 is 6.18 Å². The number of ether oxygens (including phenoxy) is 2. The van der Waals surface area contributed by atoms with Crippen LogP contribution in [0.1, 0.15) is 0 Å². The first-order valence-corrected chi connectivity index (χ1v) is 4.25. The van der Waals surface area contributed by atoms with E-state index < -0.39 is 12.7 Å². The smallest absolute Gasteiger partial charge is 0.405 e. The molecular weight excluding hydrogens is 211 g/mol. The maximum absolute atomic E-state index is 11.9. The zero-order valence-electron chi connectivity index (χ0n) is 7.60. The van der Waals surface area contributed by atoms with Crippen molar-refractivity contribution in [2.24, 2.45) is 0 Å². The van der Waals surface area contributed by atoms with Gasteiger partial charge in [0, 0.05) is 11.8 Å². The van der Waals surface area contributed by atoms with E-state index in [0.29, 0.717) is 17.2 Å². The summed E-state index contributed by atoms with van der Waals surface area (Å²) in [6, 6.07) is 4.56. The Morgan fingerprint density at radius 2 is 1.93 bits per heavy atom. The van der Waals surface area contributed by atoms with Gasteiger partial charge in [0.25, 0.3) is 0 Å². The summed E-state index contributed by atoms with van der Waals surface area (Å²) in [5.74, 6) is 1.01.